The number of nitrogens with zero attached hydrogens (tertiary/aromatic N) is 1. The molecule has 0 fully saturated rings. The number of primary amides is 1. The van der Waals surface area contributed by atoms with Gasteiger partial charge in [0.1, 0.15) is 0 Å². The standard InChI is InChI=1S/C13H20N2O3/c1-15(6-8-18-9-7-16)10-11-2-4-12(5-3-11)13(14)17/h2-5,16H,6-10H2,1H3,(H2,14,17). The third-order valence-corrected chi connectivity index (χ3v) is 2.54. The zero-order valence-electron chi connectivity index (χ0n) is 10.6. The van der Waals surface area contributed by atoms with Crippen LogP contribution in [0.3, 0.4) is 0 Å². The van der Waals surface area contributed by atoms with Crippen LogP contribution in [-0.4, -0.2) is 49.3 Å². The van der Waals surface area contributed by atoms with Gasteiger partial charge in [0.2, 0.25) is 5.91 Å². The molecule has 0 aliphatic carbocycles. The molecule has 0 saturated heterocycles. The maximum Gasteiger partial charge on any atom is 0.248 e. The van der Waals surface area contributed by atoms with Gasteiger partial charge in [-0.25, -0.2) is 0 Å². The number of aliphatic hydroxyl groups excluding tert-OH is 1. The summed E-state index contributed by atoms with van der Waals surface area (Å²) in [6.45, 7) is 2.59. The SMILES string of the molecule is CN(CCOCCO)Cc1ccc(C(N)=O)cc1. The number of aliphatic hydroxyl groups is 1. The molecular formula is C13H20N2O3. The first-order valence-corrected chi connectivity index (χ1v) is 5.89. The van der Waals surface area contributed by atoms with Crippen molar-refractivity contribution in [2.75, 3.05) is 33.4 Å². The molecule has 0 aliphatic rings. The average molecular weight is 252 g/mol. The molecule has 0 aromatic heterocycles. The Kier molecular flexibility index (Phi) is 6.35. The topological polar surface area (TPSA) is 75.8 Å². The van der Waals surface area contributed by atoms with Gasteiger partial charge in [0.15, 0.2) is 0 Å². The molecule has 0 bridgehead atoms. The molecule has 18 heavy (non-hydrogen) atoms. The lowest BCUT2D eigenvalue weighted by molar-refractivity contribution is 0.0773. The van der Waals surface area contributed by atoms with Crippen LogP contribution in [0.25, 0.3) is 0 Å². The second-order valence-electron chi connectivity index (χ2n) is 4.13. The third kappa shape index (κ3) is 5.27. The molecule has 0 saturated carbocycles. The molecule has 0 aliphatic heterocycles. The Bertz CT molecular complexity index is 365. The molecule has 1 amide bonds. The lowest BCUT2D eigenvalue weighted by Crippen LogP contribution is -2.23. The van der Waals surface area contributed by atoms with E-state index in [1.54, 1.807) is 12.1 Å². The molecular weight excluding hydrogens is 232 g/mol. The van der Waals surface area contributed by atoms with Crippen molar-refractivity contribution < 1.29 is 14.6 Å². The summed E-state index contributed by atoms with van der Waals surface area (Å²) >= 11 is 0. The Hall–Kier alpha value is -1.43. The van der Waals surface area contributed by atoms with Crippen molar-refractivity contribution in [2.45, 2.75) is 6.54 Å². The van der Waals surface area contributed by atoms with Crippen LogP contribution in [-0.2, 0) is 11.3 Å². The van der Waals surface area contributed by atoms with E-state index in [4.69, 9.17) is 15.6 Å². The Morgan fingerprint density at radius 3 is 2.56 bits per heavy atom. The fourth-order valence-electron chi connectivity index (χ4n) is 1.55. The maximum atomic E-state index is 10.9. The lowest BCUT2D eigenvalue weighted by Gasteiger charge is -2.16. The number of benzene rings is 1. The minimum Gasteiger partial charge on any atom is -0.394 e. The highest BCUT2D eigenvalue weighted by atomic mass is 16.5. The van der Waals surface area contributed by atoms with Gasteiger partial charge < -0.3 is 15.6 Å². The quantitative estimate of drug-likeness (QED) is 0.649. The highest BCUT2D eigenvalue weighted by Gasteiger charge is 2.02. The molecule has 1 rings (SSSR count). The van der Waals surface area contributed by atoms with Gasteiger partial charge in [0.05, 0.1) is 19.8 Å². The second kappa shape index (κ2) is 7.81. The number of ether oxygens (including phenoxy) is 1. The van der Waals surface area contributed by atoms with E-state index in [2.05, 4.69) is 4.90 Å². The molecule has 5 heteroatoms. The van der Waals surface area contributed by atoms with Gasteiger partial charge in [-0.1, -0.05) is 12.1 Å². The van der Waals surface area contributed by atoms with Crippen LogP contribution in [0.1, 0.15) is 15.9 Å². The summed E-state index contributed by atoms with van der Waals surface area (Å²) < 4.78 is 5.19. The van der Waals surface area contributed by atoms with Crippen molar-refractivity contribution >= 4 is 5.91 Å². The minimum atomic E-state index is -0.410. The van der Waals surface area contributed by atoms with Gasteiger partial charge in [-0.05, 0) is 24.7 Å². The van der Waals surface area contributed by atoms with E-state index >= 15 is 0 Å². The Labute approximate surface area is 107 Å². The van der Waals surface area contributed by atoms with Crippen LogP contribution in [0.5, 0.6) is 0 Å². The zero-order valence-corrected chi connectivity index (χ0v) is 10.6. The number of nitrogens with two attached hydrogens (primary N) is 1. The van der Waals surface area contributed by atoms with Gasteiger partial charge >= 0.3 is 0 Å². The van der Waals surface area contributed by atoms with Gasteiger partial charge in [-0.2, -0.15) is 0 Å². The van der Waals surface area contributed by atoms with Crippen molar-refractivity contribution in [3.63, 3.8) is 0 Å². The van der Waals surface area contributed by atoms with E-state index in [-0.39, 0.29) is 6.61 Å². The lowest BCUT2D eigenvalue weighted by atomic mass is 10.1. The second-order valence-corrected chi connectivity index (χ2v) is 4.13. The molecule has 1 aromatic carbocycles. The van der Waals surface area contributed by atoms with Crippen LogP contribution in [0.15, 0.2) is 24.3 Å². The maximum absolute atomic E-state index is 10.9. The van der Waals surface area contributed by atoms with E-state index in [1.807, 2.05) is 19.2 Å². The highest BCUT2D eigenvalue weighted by molar-refractivity contribution is 5.92. The molecule has 3 N–H and O–H groups in total. The normalized spacial score (nSPS) is 10.8. The van der Waals surface area contributed by atoms with Crippen LogP contribution in [0, 0.1) is 0 Å². The smallest absolute Gasteiger partial charge is 0.248 e. The van der Waals surface area contributed by atoms with Gasteiger partial charge in [0.25, 0.3) is 0 Å². The molecule has 0 spiro atoms. The van der Waals surface area contributed by atoms with Crippen LogP contribution >= 0.6 is 0 Å². The van der Waals surface area contributed by atoms with Gasteiger partial charge in [0, 0.05) is 18.7 Å². The monoisotopic (exact) mass is 252 g/mol. The van der Waals surface area contributed by atoms with Crippen molar-refractivity contribution in [1.82, 2.24) is 4.90 Å². The number of amides is 1. The van der Waals surface area contributed by atoms with Crippen LogP contribution < -0.4 is 5.73 Å². The Balaban J connectivity index is 2.35. The fourth-order valence-corrected chi connectivity index (χ4v) is 1.55. The first-order chi connectivity index (χ1) is 8.63. The number of hydrogen-bond acceptors (Lipinski definition) is 4. The summed E-state index contributed by atoms with van der Waals surface area (Å²) in [6.07, 6.45) is 0. The summed E-state index contributed by atoms with van der Waals surface area (Å²) in [5.74, 6) is -0.410. The van der Waals surface area contributed by atoms with E-state index in [1.165, 1.54) is 0 Å². The largest absolute Gasteiger partial charge is 0.394 e. The first-order valence-electron chi connectivity index (χ1n) is 5.89. The third-order valence-electron chi connectivity index (χ3n) is 2.54. The fraction of sp³-hybridized carbons (Fsp3) is 0.462. The summed E-state index contributed by atoms with van der Waals surface area (Å²) in [6, 6.07) is 7.25. The van der Waals surface area contributed by atoms with E-state index in [0.29, 0.717) is 18.8 Å². The predicted molar refractivity (Wildman–Crippen MR) is 69.2 cm³/mol. The Morgan fingerprint density at radius 1 is 1.33 bits per heavy atom. The van der Waals surface area contributed by atoms with Crippen molar-refractivity contribution in [3.8, 4) is 0 Å². The van der Waals surface area contributed by atoms with Crippen molar-refractivity contribution in [3.05, 3.63) is 35.4 Å². The van der Waals surface area contributed by atoms with Crippen LogP contribution in [0.2, 0.25) is 0 Å². The molecule has 1 aromatic rings. The Morgan fingerprint density at radius 2 is 2.00 bits per heavy atom. The number of carbonyl (C=O) groups is 1. The summed E-state index contributed by atoms with van der Waals surface area (Å²) in [7, 11) is 1.99. The summed E-state index contributed by atoms with van der Waals surface area (Å²) in [5, 5.41) is 8.56. The van der Waals surface area contributed by atoms with E-state index in [9.17, 15) is 4.79 Å². The van der Waals surface area contributed by atoms with Crippen molar-refractivity contribution in [1.29, 1.82) is 0 Å². The summed E-state index contributed by atoms with van der Waals surface area (Å²) in [5.41, 5.74) is 6.81. The summed E-state index contributed by atoms with van der Waals surface area (Å²) in [4.78, 5) is 13.0. The number of likely N-dealkylation sites (N-methyl/N-ethyl adjacent to an activating group) is 1. The van der Waals surface area contributed by atoms with E-state index in [0.717, 1.165) is 18.7 Å². The molecule has 0 heterocycles. The van der Waals surface area contributed by atoms with Crippen molar-refractivity contribution in [2.24, 2.45) is 5.73 Å². The molecule has 0 unspecified atom stereocenters. The molecule has 100 valence electrons. The minimum absolute atomic E-state index is 0.0539. The average Bonchev–Trinajstić information content (AvgIpc) is 2.35. The van der Waals surface area contributed by atoms with Gasteiger partial charge in [-0.3, -0.25) is 9.69 Å². The molecule has 5 nitrogen and oxygen atoms in total. The number of rotatable bonds is 8. The zero-order chi connectivity index (χ0) is 13.4. The number of carbonyl (C=O) groups excluding carboxylic acids is 1. The highest BCUT2D eigenvalue weighted by Crippen LogP contribution is 2.06. The van der Waals surface area contributed by atoms with Gasteiger partial charge in [-0.15, -0.1) is 0 Å². The van der Waals surface area contributed by atoms with Crippen LogP contribution in [0.4, 0.5) is 0 Å². The predicted octanol–water partition coefficient (Wildman–Crippen LogP) is 0.226. The first kappa shape index (κ1) is 14.6. The molecule has 0 atom stereocenters. The van der Waals surface area contributed by atoms with E-state index < -0.39 is 5.91 Å². The number of hydrogen-bond donors (Lipinski definition) is 2. The molecule has 0 radical (unpaired) electrons.